The van der Waals surface area contributed by atoms with Crippen molar-refractivity contribution in [3.63, 3.8) is 0 Å². The summed E-state index contributed by atoms with van der Waals surface area (Å²) in [6.45, 7) is 5.14. The molecule has 1 rings (SSSR count). The van der Waals surface area contributed by atoms with Crippen LogP contribution in [0.5, 0.6) is 0 Å². The maximum absolute atomic E-state index is 11.4. The number of esters is 1. The Morgan fingerprint density at radius 2 is 1.88 bits per heavy atom. The van der Waals surface area contributed by atoms with E-state index in [1.165, 1.54) is 0 Å². The molecule has 0 saturated heterocycles. The summed E-state index contributed by atoms with van der Waals surface area (Å²) in [6, 6.07) is 9.58. The lowest BCUT2D eigenvalue weighted by Gasteiger charge is -2.26. The average Bonchev–Trinajstić information content (AvgIpc) is 2.29. The molecule has 0 fully saturated rings. The van der Waals surface area contributed by atoms with Crippen molar-refractivity contribution in [1.82, 2.24) is 0 Å². The van der Waals surface area contributed by atoms with Crippen molar-refractivity contribution in [2.75, 3.05) is 0 Å². The van der Waals surface area contributed by atoms with Crippen LogP contribution in [0.15, 0.2) is 42.5 Å². The number of benzene rings is 1. The van der Waals surface area contributed by atoms with Gasteiger partial charge in [0.1, 0.15) is 0 Å². The highest BCUT2D eigenvalue weighted by atomic mass is 79.9. The van der Waals surface area contributed by atoms with Crippen LogP contribution in [-0.2, 0) is 12.8 Å². The van der Waals surface area contributed by atoms with Gasteiger partial charge in [-0.1, -0.05) is 68.8 Å². The minimum atomic E-state index is -0.674. The van der Waals surface area contributed by atoms with Gasteiger partial charge in [0, 0.05) is 5.57 Å². The van der Waals surface area contributed by atoms with Crippen molar-refractivity contribution in [1.29, 1.82) is 0 Å². The first-order chi connectivity index (χ1) is 7.85. The van der Waals surface area contributed by atoms with Crippen molar-refractivity contribution in [3.05, 3.63) is 48.0 Å². The van der Waals surface area contributed by atoms with Gasteiger partial charge in [-0.25, -0.2) is 4.79 Å². The quantitative estimate of drug-likeness (QED) is 0.403. The lowest BCUT2D eigenvalue weighted by atomic mass is 10.2. The molecular weight excluding hydrogens is 416 g/mol. The zero-order chi connectivity index (χ0) is 13.1. The third-order valence-electron chi connectivity index (χ3n) is 2.00. The summed E-state index contributed by atoms with van der Waals surface area (Å²) in [5.41, 5.74) is 1.30. The number of halogens is 3. The van der Waals surface area contributed by atoms with Gasteiger partial charge in [0.25, 0.3) is 0 Å². The number of hydrogen-bond acceptors (Lipinski definition) is 2. The molecule has 0 aliphatic rings. The van der Waals surface area contributed by atoms with Crippen molar-refractivity contribution < 1.29 is 9.53 Å². The van der Waals surface area contributed by atoms with E-state index in [1.807, 2.05) is 30.3 Å². The van der Waals surface area contributed by atoms with E-state index in [0.717, 1.165) is 5.56 Å². The Kier molecular flexibility index (Phi) is 5.41. The molecule has 92 valence electrons. The molecule has 0 bridgehead atoms. The van der Waals surface area contributed by atoms with E-state index < -0.39 is 14.2 Å². The molecule has 1 aromatic carbocycles. The molecule has 0 amide bonds. The SMILES string of the molecule is C=C(C)C(=O)OC(Br)C(Br)(Br)c1ccccc1. The number of hydrogen-bond donors (Lipinski definition) is 0. The van der Waals surface area contributed by atoms with Gasteiger partial charge in [-0.05, 0) is 28.4 Å². The topological polar surface area (TPSA) is 26.3 Å². The number of carbonyl (C=O) groups is 1. The standard InChI is InChI=1S/C12H11Br3O2/c1-8(2)10(16)17-11(13)12(14,15)9-6-4-3-5-7-9/h3-7,11H,1H2,2H3. The van der Waals surface area contributed by atoms with E-state index in [-0.39, 0.29) is 0 Å². The van der Waals surface area contributed by atoms with Crippen molar-refractivity contribution in [3.8, 4) is 0 Å². The zero-order valence-electron chi connectivity index (χ0n) is 9.12. The van der Waals surface area contributed by atoms with Crippen molar-refractivity contribution in [2.45, 2.75) is 15.2 Å². The summed E-state index contributed by atoms with van der Waals surface area (Å²) < 4.78 is 4.54. The summed E-state index contributed by atoms with van der Waals surface area (Å²) in [6.07, 6.45) is 0. The molecule has 1 atom stereocenters. The fraction of sp³-hybridized carbons (Fsp3) is 0.250. The highest BCUT2D eigenvalue weighted by Crippen LogP contribution is 2.45. The molecule has 0 N–H and O–H groups in total. The lowest BCUT2D eigenvalue weighted by molar-refractivity contribution is -0.140. The van der Waals surface area contributed by atoms with Crippen LogP contribution >= 0.6 is 47.8 Å². The monoisotopic (exact) mass is 424 g/mol. The fourth-order valence-corrected chi connectivity index (χ4v) is 2.21. The Balaban J connectivity index is 2.84. The second kappa shape index (κ2) is 6.16. The number of carbonyl (C=O) groups excluding carboxylic acids is 1. The maximum Gasteiger partial charge on any atom is 0.334 e. The van der Waals surface area contributed by atoms with Gasteiger partial charge in [-0.3, -0.25) is 0 Å². The summed E-state index contributed by atoms with van der Waals surface area (Å²) in [5.74, 6) is -0.439. The first-order valence-corrected chi connectivity index (χ1v) is 7.29. The predicted molar refractivity (Wildman–Crippen MR) is 79.6 cm³/mol. The van der Waals surface area contributed by atoms with Crippen LogP contribution in [0, 0.1) is 0 Å². The zero-order valence-corrected chi connectivity index (χ0v) is 13.9. The highest BCUT2D eigenvalue weighted by molar-refractivity contribution is 9.25. The third-order valence-corrected chi connectivity index (χ3v) is 5.85. The fourth-order valence-electron chi connectivity index (χ4n) is 1.06. The molecule has 1 unspecified atom stereocenters. The van der Waals surface area contributed by atoms with Crippen molar-refractivity contribution in [2.24, 2.45) is 0 Å². The first-order valence-electron chi connectivity index (χ1n) is 4.79. The molecule has 0 heterocycles. The first kappa shape index (κ1) is 14.9. The van der Waals surface area contributed by atoms with Crippen LogP contribution in [0.2, 0.25) is 0 Å². The van der Waals surface area contributed by atoms with Crippen LogP contribution in [0.1, 0.15) is 12.5 Å². The Hall–Kier alpha value is -0.130. The van der Waals surface area contributed by atoms with Crippen LogP contribution in [-0.4, -0.2) is 11.0 Å². The lowest BCUT2D eigenvalue weighted by Crippen LogP contribution is -2.27. The van der Waals surface area contributed by atoms with Crippen molar-refractivity contribution >= 4 is 53.8 Å². The summed E-state index contributed by atoms with van der Waals surface area (Å²) in [5, 5.41) is -0.554. The maximum atomic E-state index is 11.4. The number of ether oxygens (including phenoxy) is 1. The molecule has 0 aliphatic carbocycles. The molecule has 0 saturated carbocycles. The Morgan fingerprint density at radius 1 is 1.35 bits per heavy atom. The van der Waals surface area contributed by atoms with E-state index in [1.54, 1.807) is 6.92 Å². The normalized spacial score (nSPS) is 12.9. The number of alkyl halides is 3. The van der Waals surface area contributed by atoms with Gasteiger partial charge >= 0.3 is 5.97 Å². The Labute approximate surface area is 126 Å². The molecular formula is C12H11Br3O2. The minimum Gasteiger partial charge on any atom is -0.445 e. The van der Waals surface area contributed by atoms with Gasteiger partial charge in [-0.2, -0.15) is 0 Å². The van der Waals surface area contributed by atoms with Gasteiger partial charge in [0.2, 0.25) is 0 Å². The molecule has 0 aromatic heterocycles. The predicted octanol–water partition coefficient (Wildman–Crippen LogP) is 4.47. The minimum absolute atomic E-state index is 0.360. The smallest absolute Gasteiger partial charge is 0.334 e. The molecule has 17 heavy (non-hydrogen) atoms. The summed E-state index contributed by atoms with van der Waals surface area (Å²) in [4.78, 5) is 11.4. The second-order valence-corrected chi connectivity index (χ2v) is 7.89. The van der Waals surface area contributed by atoms with E-state index in [4.69, 9.17) is 4.74 Å². The second-order valence-electron chi connectivity index (χ2n) is 3.49. The van der Waals surface area contributed by atoms with Gasteiger partial charge in [0.15, 0.2) is 8.25 Å². The summed E-state index contributed by atoms with van der Waals surface area (Å²) >= 11 is 10.3. The molecule has 1 aromatic rings. The average molecular weight is 427 g/mol. The van der Waals surface area contributed by atoms with E-state index in [9.17, 15) is 4.79 Å². The molecule has 0 radical (unpaired) electrons. The third kappa shape index (κ3) is 3.93. The number of rotatable bonds is 4. The molecule has 5 heteroatoms. The van der Waals surface area contributed by atoms with E-state index in [2.05, 4.69) is 54.4 Å². The molecule has 2 nitrogen and oxygen atoms in total. The van der Waals surface area contributed by atoms with Gasteiger partial charge in [-0.15, -0.1) is 0 Å². The highest BCUT2D eigenvalue weighted by Gasteiger charge is 2.36. The van der Waals surface area contributed by atoms with Gasteiger partial charge < -0.3 is 4.74 Å². The summed E-state index contributed by atoms with van der Waals surface area (Å²) in [7, 11) is 0. The molecule has 0 spiro atoms. The largest absolute Gasteiger partial charge is 0.445 e. The molecule has 0 aliphatic heterocycles. The Morgan fingerprint density at radius 3 is 2.35 bits per heavy atom. The van der Waals surface area contributed by atoms with Gasteiger partial charge in [0.05, 0.1) is 0 Å². The van der Waals surface area contributed by atoms with Crippen LogP contribution in [0.25, 0.3) is 0 Å². The van der Waals surface area contributed by atoms with E-state index >= 15 is 0 Å². The Bertz CT molecular complexity index is 415. The van der Waals surface area contributed by atoms with Crippen LogP contribution in [0.3, 0.4) is 0 Å². The van der Waals surface area contributed by atoms with E-state index in [0.29, 0.717) is 5.57 Å². The van der Waals surface area contributed by atoms with Crippen LogP contribution in [0.4, 0.5) is 0 Å². The van der Waals surface area contributed by atoms with Crippen LogP contribution < -0.4 is 0 Å².